The number of amides is 2. The second-order valence-electron chi connectivity index (χ2n) is 7.99. The van der Waals surface area contributed by atoms with Crippen LogP contribution in [0.15, 0.2) is 6.20 Å². The number of aryl methyl sites for hydroxylation is 1. The van der Waals surface area contributed by atoms with Crippen LogP contribution in [-0.4, -0.2) is 58.5 Å². The molecule has 2 amide bonds. The van der Waals surface area contributed by atoms with Gasteiger partial charge in [-0.05, 0) is 45.4 Å². The fourth-order valence-electron chi connectivity index (χ4n) is 4.11. The molecule has 1 aromatic rings. The summed E-state index contributed by atoms with van der Waals surface area (Å²) >= 11 is 0. The summed E-state index contributed by atoms with van der Waals surface area (Å²) in [6.45, 7) is 3.04. The molecule has 2 saturated carbocycles. The van der Waals surface area contributed by atoms with Gasteiger partial charge in [0.25, 0.3) is 5.91 Å². The van der Waals surface area contributed by atoms with Crippen LogP contribution in [0.25, 0.3) is 0 Å². The smallest absolute Gasteiger partial charge is 0.255 e. The number of hydrogen-bond donors (Lipinski definition) is 4. The molecule has 2 aliphatic carbocycles. The van der Waals surface area contributed by atoms with Crippen molar-refractivity contribution in [2.45, 2.75) is 76.5 Å². The summed E-state index contributed by atoms with van der Waals surface area (Å²) in [5.74, 6) is -0.484. The van der Waals surface area contributed by atoms with Gasteiger partial charge in [0, 0.05) is 24.8 Å². The molecule has 0 aromatic carbocycles. The van der Waals surface area contributed by atoms with Gasteiger partial charge in [0.05, 0.1) is 30.0 Å². The molecular formula is C20H32N4O4. The second-order valence-corrected chi connectivity index (χ2v) is 7.99. The maximum atomic E-state index is 12.5. The number of H-pyrrole nitrogens is 1. The van der Waals surface area contributed by atoms with E-state index in [0.717, 1.165) is 19.3 Å². The summed E-state index contributed by atoms with van der Waals surface area (Å²) in [7, 11) is 0. The van der Waals surface area contributed by atoms with Gasteiger partial charge in [0.15, 0.2) is 0 Å². The lowest BCUT2D eigenvalue weighted by atomic mass is 9.83. The molecule has 2 fully saturated rings. The van der Waals surface area contributed by atoms with E-state index < -0.39 is 12.1 Å². The van der Waals surface area contributed by atoms with E-state index in [2.05, 4.69) is 20.8 Å². The Morgan fingerprint density at radius 3 is 2.79 bits per heavy atom. The molecule has 8 heteroatoms. The van der Waals surface area contributed by atoms with Crippen LogP contribution in [0.3, 0.4) is 0 Å². The van der Waals surface area contributed by atoms with Crippen molar-refractivity contribution in [3.8, 4) is 0 Å². The number of nitrogens with one attached hydrogen (secondary N) is 3. The number of aromatic amines is 1. The number of aromatic nitrogens is 2. The largest absolute Gasteiger partial charge is 0.391 e. The van der Waals surface area contributed by atoms with Crippen molar-refractivity contribution in [3.63, 3.8) is 0 Å². The Hall–Kier alpha value is -1.93. The highest BCUT2D eigenvalue weighted by Crippen LogP contribution is 2.25. The number of carbonyl (C=O) groups is 2. The van der Waals surface area contributed by atoms with Gasteiger partial charge >= 0.3 is 0 Å². The van der Waals surface area contributed by atoms with Gasteiger partial charge in [0.1, 0.15) is 0 Å². The van der Waals surface area contributed by atoms with Crippen molar-refractivity contribution >= 4 is 11.8 Å². The monoisotopic (exact) mass is 392 g/mol. The number of ether oxygens (including phenoxy) is 1. The maximum Gasteiger partial charge on any atom is 0.255 e. The molecule has 2 aliphatic rings. The summed E-state index contributed by atoms with van der Waals surface area (Å²) in [6.07, 6.45) is 8.42. The van der Waals surface area contributed by atoms with Gasteiger partial charge in [-0.1, -0.05) is 12.8 Å². The highest BCUT2D eigenvalue weighted by atomic mass is 16.5. The van der Waals surface area contributed by atoms with Crippen LogP contribution in [0, 0.1) is 12.8 Å². The molecule has 156 valence electrons. The van der Waals surface area contributed by atoms with Crippen LogP contribution in [0.4, 0.5) is 0 Å². The lowest BCUT2D eigenvalue weighted by Crippen LogP contribution is -2.49. The summed E-state index contributed by atoms with van der Waals surface area (Å²) in [5.41, 5.74) is 1.14. The van der Waals surface area contributed by atoms with Gasteiger partial charge in [-0.3, -0.25) is 14.7 Å². The number of aliphatic hydroxyl groups excluding tert-OH is 1. The second kappa shape index (κ2) is 10.0. The molecule has 28 heavy (non-hydrogen) atoms. The highest BCUT2D eigenvalue weighted by molar-refractivity contribution is 5.95. The van der Waals surface area contributed by atoms with E-state index in [4.69, 9.17) is 4.74 Å². The molecule has 4 N–H and O–H groups in total. The van der Waals surface area contributed by atoms with E-state index in [9.17, 15) is 14.7 Å². The lowest BCUT2D eigenvalue weighted by molar-refractivity contribution is -0.127. The average Bonchev–Trinajstić information content (AvgIpc) is 3.34. The average molecular weight is 393 g/mol. The van der Waals surface area contributed by atoms with E-state index in [1.54, 1.807) is 6.92 Å². The van der Waals surface area contributed by atoms with Crippen LogP contribution in [0.1, 0.15) is 67.4 Å². The Bertz CT molecular complexity index is 656. The quantitative estimate of drug-likeness (QED) is 0.500. The van der Waals surface area contributed by atoms with Gasteiger partial charge < -0.3 is 20.5 Å². The Morgan fingerprint density at radius 2 is 2.07 bits per heavy atom. The van der Waals surface area contributed by atoms with Crippen molar-refractivity contribution in [3.05, 3.63) is 17.5 Å². The predicted molar refractivity (Wildman–Crippen MR) is 104 cm³/mol. The Labute approximate surface area is 165 Å². The van der Waals surface area contributed by atoms with E-state index in [0.29, 0.717) is 49.8 Å². The van der Waals surface area contributed by atoms with Gasteiger partial charge in [-0.2, -0.15) is 5.10 Å². The first-order chi connectivity index (χ1) is 13.5. The topological polar surface area (TPSA) is 116 Å². The minimum Gasteiger partial charge on any atom is -0.391 e. The highest BCUT2D eigenvalue weighted by Gasteiger charge is 2.34. The Balaban J connectivity index is 1.39. The molecule has 0 radical (unpaired) electrons. The summed E-state index contributed by atoms with van der Waals surface area (Å²) in [4.78, 5) is 24.9. The van der Waals surface area contributed by atoms with E-state index in [1.165, 1.54) is 19.0 Å². The van der Waals surface area contributed by atoms with E-state index in [-0.39, 0.29) is 17.7 Å². The molecule has 1 heterocycles. The molecular weight excluding hydrogens is 360 g/mol. The predicted octanol–water partition coefficient (Wildman–Crippen LogP) is 1.44. The first kappa shape index (κ1) is 20.8. The standard InChI is InChI=1S/C20H32N4O4/c1-13-16(12-22-24-13)20(27)23-17-11-14(7-8-18(17)25)19(26)21-9-4-10-28-15-5-2-3-6-15/h12,14-15,17-18,25H,2-11H2,1H3,(H,21,26)(H,22,24)(H,23,27)/t14-,17+,18+/m0/s1. The van der Waals surface area contributed by atoms with Gasteiger partial charge in [0.2, 0.25) is 5.91 Å². The van der Waals surface area contributed by atoms with E-state index >= 15 is 0 Å². The van der Waals surface area contributed by atoms with Crippen molar-refractivity contribution in [2.24, 2.45) is 5.92 Å². The fourth-order valence-corrected chi connectivity index (χ4v) is 4.11. The van der Waals surface area contributed by atoms with Crippen molar-refractivity contribution < 1.29 is 19.4 Å². The fraction of sp³-hybridized carbons (Fsp3) is 0.750. The first-order valence-electron chi connectivity index (χ1n) is 10.4. The number of rotatable bonds is 8. The molecule has 3 rings (SSSR count). The summed E-state index contributed by atoms with van der Waals surface area (Å²) < 4.78 is 5.81. The van der Waals surface area contributed by atoms with Gasteiger partial charge in [-0.25, -0.2) is 0 Å². The number of aliphatic hydroxyl groups is 1. The third-order valence-corrected chi connectivity index (χ3v) is 5.85. The molecule has 0 spiro atoms. The van der Waals surface area contributed by atoms with Crippen LogP contribution in [0.2, 0.25) is 0 Å². The maximum absolute atomic E-state index is 12.5. The third-order valence-electron chi connectivity index (χ3n) is 5.85. The van der Waals surface area contributed by atoms with Crippen LogP contribution < -0.4 is 10.6 Å². The third kappa shape index (κ3) is 5.54. The lowest BCUT2D eigenvalue weighted by Gasteiger charge is -2.33. The van der Waals surface area contributed by atoms with Crippen molar-refractivity contribution in [2.75, 3.05) is 13.2 Å². The SMILES string of the molecule is Cc1[nH]ncc1C(=O)N[C@@H]1C[C@@H](C(=O)NCCCOC2CCCC2)CC[C@H]1O. The zero-order valence-corrected chi connectivity index (χ0v) is 16.6. The molecule has 1 aromatic heterocycles. The van der Waals surface area contributed by atoms with Crippen molar-refractivity contribution in [1.82, 2.24) is 20.8 Å². The molecule has 8 nitrogen and oxygen atoms in total. The zero-order chi connectivity index (χ0) is 19.9. The molecule has 0 bridgehead atoms. The first-order valence-corrected chi connectivity index (χ1v) is 10.4. The minimum absolute atomic E-state index is 0.00786. The van der Waals surface area contributed by atoms with Crippen LogP contribution in [0.5, 0.6) is 0 Å². The van der Waals surface area contributed by atoms with Crippen molar-refractivity contribution in [1.29, 1.82) is 0 Å². The number of nitrogens with zero attached hydrogens (tertiary/aromatic N) is 1. The molecule has 3 atom stereocenters. The van der Waals surface area contributed by atoms with Crippen LogP contribution >= 0.6 is 0 Å². The van der Waals surface area contributed by atoms with Crippen LogP contribution in [-0.2, 0) is 9.53 Å². The zero-order valence-electron chi connectivity index (χ0n) is 16.6. The number of hydrogen-bond acceptors (Lipinski definition) is 5. The number of carbonyl (C=O) groups excluding carboxylic acids is 2. The summed E-state index contributed by atoms with van der Waals surface area (Å²) in [6, 6.07) is -0.433. The minimum atomic E-state index is -0.639. The normalized spacial score (nSPS) is 25.6. The molecule has 0 saturated heterocycles. The molecule has 0 aliphatic heterocycles. The summed E-state index contributed by atoms with van der Waals surface area (Å²) in [5, 5.41) is 22.7. The van der Waals surface area contributed by atoms with E-state index in [1.807, 2.05) is 0 Å². The van der Waals surface area contributed by atoms with Gasteiger partial charge in [-0.15, -0.1) is 0 Å². The Morgan fingerprint density at radius 1 is 1.29 bits per heavy atom. The Kier molecular flexibility index (Phi) is 7.44. The molecule has 0 unspecified atom stereocenters.